The Morgan fingerprint density at radius 1 is 0.885 bits per heavy atom. The molecule has 6 heteroatoms. The van der Waals surface area contributed by atoms with Gasteiger partial charge in [-0.3, -0.25) is 9.36 Å². The van der Waals surface area contributed by atoms with E-state index >= 15 is 0 Å². The Balaban J connectivity index is 2.38. The Hall–Kier alpha value is -1.94. The largest absolute Gasteiger partial charge is 0.339 e. The summed E-state index contributed by atoms with van der Waals surface area (Å²) in [6.07, 6.45) is -0.297. The lowest BCUT2D eigenvalue weighted by Crippen LogP contribution is -2.38. The second-order valence-electron chi connectivity index (χ2n) is 6.11. The lowest BCUT2D eigenvalue weighted by atomic mass is 10.0. The first-order valence-corrected chi connectivity index (χ1v) is 10.3. The normalized spacial score (nSPS) is 13.8. The smallest absolute Gasteiger partial charge is 0.329 e. The predicted octanol–water partition coefficient (Wildman–Crippen LogP) is 4.82. The Morgan fingerprint density at radius 3 is 1.62 bits per heavy atom. The molecule has 2 rings (SSSR count). The summed E-state index contributed by atoms with van der Waals surface area (Å²) in [5.41, 5.74) is 2.02. The van der Waals surface area contributed by atoms with Crippen molar-refractivity contribution in [3.8, 4) is 0 Å². The van der Waals surface area contributed by atoms with Crippen LogP contribution in [0, 0.1) is 0 Å². The minimum atomic E-state index is -3.44. The van der Waals surface area contributed by atoms with Crippen molar-refractivity contribution < 1.29 is 18.4 Å². The zero-order valence-electron chi connectivity index (χ0n) is 15.7. The molecule has 1 amide bonds. The van der Waals surface area contributed by atoms with Crippen molar-refractivity contribution in [1.29, 1.82) is 0 Å². The van der Waals surface area contributed by atoms with Crippen LogP contribution in [0.1, 0.15) is 37.1 Å². The summed E-state index contributed by atoms with van der Waals surface area (Å²) in [6.45, 7) is 3.94. The first-order chi connectivity index (χ1) is 12.4. The maximum absolute atomic E-state index is 13.1. The van der Waals surface area contributed by atoms with Crippen molar-refractivity contribution in [3.63, 3.8) is 0 Å². The monoisotopic (exact) mass is 375 g/mol. The van der Waals surface area contributed by atoms with Crippen molar-refractivity contribution in [2.75, 3.05) is 20.4 Å². The van der Waals surface area contributed by atoms with Crippen LogP contribution in [0.5, 0.6) is 0 Å². The summed E-state index contributed by atoms with van der Waals surface area (Å²) in [7, 11) is -0.855. The van der Waals surface area contributed by atoms with E-state index in [0.717, 1.165) is 11.1 Å². The van der Waals surface area contributed by atoms with Crippen molar-refractivity contribution in [2.45, 2.75) is 25.9 Å². The lowest BCUT2D eigenvalue weighted by Gasteiger charge is -2.36. The van der Waals surface area contributed by atoms with Gasteiger partial charge < -0.3 is 13.9 Å². The molecule has 0 aliphatic carbocycles. The van der Waals surface area contributed by atoms with Crippen molar-refractivity contribution in [1.82, 2.24) is 4.90 Å². The molecule has 0 saturated heterocycles. The first kappa shape index (κ1) is 20.4. The molecule has 0 N–H and O–H groups in total. The maximum Gasteiger partial charge on any atom is 0.339 e. The number of hydrogen-bond acceptors (Lipinski definition) is 4. The van der Waals surface area contributed by atoms with Crippen LogP contribution in [0.4, 0.5) is 0 Å². The summed E-state index contributed by atoms with van der Waals surface area (Å²) in [5.74, 6) is -0.273. The minimum absolute atomic E-state index is 0.193. The van der Waals surface area contributed by atoms with E-state index in [1.807, 2.05) is 74.5 Å². The van der Waals surface area contributed by atoms with Gasteiger partial charge in [0.15, 0.2) is 0 Å². The van der Waals surface area contributed by atoms with Gasteiger partial charge in [-0.1, -0.05) is 60.7 Å². The van der Waals surface area contributed by atoms with Crippen LogP contribution in [0.25, 0.3) is 0 Å². The SMILES string of the molecule is COP(=O)(CC(=O)N([C@@H](C)c1ccccc1)[C@@H](C)c1ccccc1)OC. The number of benzene rings is 2. The molecule has 26 heavy (non-hydrogen) atoms. The molecule has 0 aliphatic rings. The van der Waals surface area contributed by atoms with Crippen molar-refractivity contribution in [3.05, 3.63) is 71.8 Å². The molecule has 5 nitrogen and oxygen atoms in total. The van der Waals surface area contributed by atoms with Gasteiger partial charge >= 0.3 is 7.60 Å². The second kappa shape index (κ2) is 9.13. The highest BCUT2D eigenvalue weighted by atomic mass is 31.2. The predicted molar refractivity (Wildman–Crippen MR) is 103 cm³/mol. The van der Waals surface area contributed by atoms with Gasteiger partial charge in [-0.2, -0.15) is 0 Å². The maximum atomic E-state index is 13.1. The van der Waals surface area contributed by atoms with Crippen LogP contribution in [-0.2, 0) is 18.4 Å². The summed E-state index contributed by atoms with van der Waals surface area (Å²) in [6, 6.07) is 19.2. The molecule has 2 aromatic rings. The third-order valence-electron chi connectivity index (χ3n) is 4.57. The molecular weight excluding hydrogens is 349 g/mol. The molecule has 0 spiro atoms. The fourth-order valence-corrected chi connectivity index (χ4v) is 3.90. The molecule has 140 valence electrons. The zero-order valence-corrected chi connectivity index (χ0v) is 16.6. The van der Waals surface area contributed by atoms with Crippen LogP contribution in [0.3, 0.4) is 0 Å². The fourth-order valence-electron chi connectivity index (χ4n) is 3.00. The van der Waals surface area contributed by atoms with Gasteiger partial charge in [-0.25, -0.2) is 0 Å². The third-order valence-corrected chi connectivity index (χ3v) is 6.34. The molecule has 0 bridgehead atoms. The quantitative estimate of drug-likeness (QED) is 0.621. The summed E-state index contributed by atoms with van der Waals surface area (Å²) in [4.78, 5) is 14.8. The van der Waals surface area contributed by atoms with Crippen LogP contribution in [0.15, 0.2) is 60.7 Å². The second-order valence-corrected chi connectivity index (χ2v) is 8.38. The average Bonchev–Trinajstić information content (AvgIpc) is 2.69. The molecule has 0 fully saturated rings. The Bertz CT molecular complexity index is 697. The number of hydrogen-bond donors (Lipinski definition) is 0. The highest BCUT2D eigenvalue weighted by molar-refractivity contribution is 7.54. The molecular formula is C20H26NO4P. The Morgan fingerprint density at radius 2 is 1.27 bits per heavy atom. The van der Waals surface area contributed by atoms with Crippen molar-refractivity contribution in [2.24, 2.45) is 0 Å². The topological polar surface area (TPSA) is 55.8 Å². The van der Waals surface area contributed by atoms with E-state index < -0.39 is 7.60 Å². The zero-order chi connectivity index (χ0) is 19.2. The minimum Gasteiger partial charge on any atom is -0.329 e. The number of carbonyl (C=O) groups is 1. The van der Waals surface area contributed by atoms with Crippen molar-refractivity contribution >= 4 is 13.5 Å². The molecule has 2 aromatic carbocycles. The highest BCUT2D eigenvalue weighted by Gasteiger charge is 2.34. The van der Waals surface area contributed by atoms with E-state index in [4.69, 9.17) is 9.05 Å². The van der Waals surface area contributed by atoms with Gasteiger partial charge in [0.25, 0.3) is 0 Å². The molecule has 0 aliphatic heterocycles. The lowest BCUT2D eigenvalue weighted by molar-refractivity contribution is -0.133. The standard InChI is InChI=1S/C20H26NO4P/c1-16(18-11-7-5-8-12-18)21(17(2)19-13-9-6-10-14-19)20(22)15-26(23,24-3)25-4/h5-14,16-17H,15H2,1-4H3/t16-,17-/m0/s1. The van der Waals surface area contributed by atoms with Crippen LogP contribution in [0.2, 0.25) is 0 Å². The number of amides is 1. The van der Waals surface area contributed by atoms with Crippen LogP contribution in [-0.4, -0.2) is 31.2 Å². The van der Waals surface area contributed by atoms with Crippen LogP contribution < -0.4 is 0 Å². The van der Waals surface area contributed by atoms with E-state index in [1.54, 1.807) is 4.90 Å². The Kier molecular flexibility index (Phi) is 7.15. The Labute approximate surface area is 155 Å². The number of nitrogens with zero attached hydrogens (tertiary/aromatic N) is 1. The summed E-state index contributed by atoms with van der Waals surface area (Å²) < 4.78 is 22.4. The molecule has 0 saturated carbocycles. The first-order valence-electron chi connectivity index (χ1n) is 8.53. The fraction of sp³-hybridized carbons (Fsp3) is 0.350. The van der Waals surface area contributed by atoms with E-state index in [9.17, 15) is 9.36 Å². The highest BCUT2D eigenvalue weighted by Crippen LogP contribution is 2.47. The molecule has 2 atom stereocenters. The number of carbonyl (C=O) groups excluding carboxylic acids is 1. The van der Waals surface area contributed by atoms with E-state index in [2.05, 4.69) is 0 Å². The van der Waals surface area contributed by atoms with Gasteiger partial charge in [0, 0.05) is 14.2 Å². The average molecular weight is 375 g/mol. The van der Waals surface area contributed by atoms with Gasteiger partial charge in [-0.05, 0) is 25.0 Å². The van der Waals surface area contributed by atoms with Crippen LogP contribution >= 0.6 is 7.60 Å². The van der Waals surface area contributed by atoms with E-state index in [-0.39, 0.29) is 24.2 Å². The van der Waals surface area contributed by atoms with Gasteiger partial charge in [0.05, 0.1) is 12.1 Å². The molecule has 0 heterocycles. The molecule has 0 aromatic heterocycles. The van der Waals surface area contributed by atoms with E-state index in [0.29, 0.717) is 0 Å². The third kappa shape index (κ3) is 4.82. The summed E-state index contributed by atoms with van der Waals surface area (Å²) in [5, 5.41) is 0. The summed E-state index contributed by atoms with van der Waals surface area (Å²) >= 11 is 0. The van der Waals surface area contributed by atoms with E-state index in [1.165, 1.54) is 14.2 Å². The number of rotatable bonds is 8. The molecule has 0 unspecified atom stereocenters. The van der Waals surface area contributed by atoms with Gasteiger partial charge in [0.1, 0.15) is 6.16 Å². The molecule has 0 radical (unpaired) electrons. The van der Waals surface area contributed by atoms with Gasteiger partial charge in [0.2, 0.25) is 5.91 Å². The van der Waals surface area contributed by atoms with Gasteiger partial charge in [-0.15, -0.1) is 0 Å².